The van der Waals surface area contributed by atoms with Crippen molar-refractivity contribution < 1.29 is 19.1 Å². The van der Waals surface area contributed by atoms with E-state index in [1.807, 2.05) is 26.8 Å². The van der Waals surface area contributed by atoms with Crippen LogP contribution in [0.5, 0.6) is 0 Å². The Hall–Kier alpha value is -2.04. The Morgan fingerprint density at radius 1 is 1.14 bits per heavy atom. The normalized spacial score (nSPS) is 13.1. The molecule has 0 radical (unpaired) electrons. The Morgan fingerprint density at radius 3 is 2.32 bits per heavy atom. The lowest BCUT2D eigenvalue weighted by molar-refractivity contribution is 0.0253. The van der Waals surface area contributed by atoms with Gasteiger partial charge in [-0.15, -0.1) is 0 Å². The second kappa shape index (κ2) is 9.07. The van der Waals surface area contributed by atoms with Crippen LogP contribution >= 0.6 is 0 Å². The second-order valence-corrected chi connectivity index (χ2v) is 5.15. The van der Waals surface area contributed by atoms with Crippen molar-refractivity contribution in [1.29, 1.82) is 0 Å². The first-order valence-corrected chi connectivity index (χ1v) is 7.69. The first-order valence-electron chi connectivity index (χ1n) is 7.69. The largest absolute Gasteiger partial charge is 0.459 e. The number of hydrogen-bond acceptors (Lipinski definition) is 4. The molecule has 0 saturated carbocycles. The summed E-state index contributed by atoms with van der Waals surface area (Å²) in [6.45, 7) is 8.33. The molecule has 5 heteroatoms. The average Bonchev–Trinajstić information content (AvgIpc) is 2.48. The topological polar surface area (TPSA) is 55.8 Å². The summed E-state index contributed by atoms with van der Waals surface area (Å²) in [6.07, 6.45) is -0.0594. The molecule has 1 aromatic rings. The van der Waals surface area contributed by atoms with Crippen LogP contribution in [0.25, 0.3) is 0 Å². The van der Waals surface area contributed by atoms with Gasteiger partial charge in [0.25, 0.3) is 0 Å². The van der Waals surface area contributed by atoms with Crippen molar-refractivity contribution in [2.45, 2.75) is 46.3 Å². The number of benzene rings is 1. The fourth-order valence-corrected chi connectivity index (χ4v) is 2.31. The molecule has 22 heavy (non-hydrogen) atoms. The average molecular weight is 307 g/mol. The number of hydrogen-bond donors (Lipinski definition) is 0. The Morgan fingerprint density at radius 2 is 1.77 bits per heavy atom. The van der Waals surface area contributed by atoms with Crippen LogP contribution in [0.1, 0.15) is 44.5 Å². The number of ether oxygens (including phenoxy) is 2. The van der Waals surface area contributed by atoms with E-state index in [0.29, 0.717) is 25.1 Å². The smallest absolute Gasteiger partial charge is 0.409 e. The van der Waals surface area contributed by atoms with Crippen LogP contribution in [0.4, 0.5) is 4.79 Å². The van der Waals surface area contributed by atoms with Gasteiger partial charge in [0.15, 0.2) is 0 Å². The van der Waals surface area contributed by atoms with E-state index in [4.69, 9.17) is 9.47 Å². The molecule has 0 saturated heterocycles. The van der Waals surface area contributed by atoms with Gasteiger partial charge in [-0.3, -0.25) is 0 Å². The predicted molar refractivity (Wildman–Crippen MR) is 84.8 cm³/mol. The zero-order valence-electron chi connectivity index (χ0n) is 13.7. The van der Waals surface area contributed by atoms with Gasteiger partial charge in [-0.25, -0.2) is 9.59 Å². The van der Waals surface area contributed by atoms with Crippen molar-refractivity contribution in [2.24, 2.45) is 0 Å². The number of esters is 1. The van der Waals surface area contributed by atoms with Gasteiger partial charge in [0.1, 0.15) is 6.10 Å². The number of nitrogens with zero attached hydrogens (tertiary/aromatic N) is 1. The Labute approximate surface area is 132 Å². The summed E-state index contributed by atoms with van der Waals surface area (Å²) >= 11 is 0. The molecule has 5 nitrogen and oxygen atoms in total. The van der Waals surface area contributed by atoms with Gasteiger partial charge >= 0.3 is 12.1 Å². The molecule has 1 aromatic carbocycles. The highest BCUT2D eigenvalue weighted by atomic mass is 16.6. The third kappa shape index (κ3) is 5.39. The molecule has 0 aliphatic carbocycles. The summed E-state index contributed by atoms with van der Waals surface area (Å²) in [5, 5.41) is 0. The second-order valence-electron chi connectivity index (χ2n) is 5.15. The summed E-state index contributed by atoms with van der Waals surface area (Å²) in [7, 11) is 0. The molecule has 2 unspecified atom stereocenters. The predicted octanol–water partition coefficient (Wildman–Crippen LogP) is 3.49. The van der Waals surface area contributed by atoms with E-state index in [9.17, 15) is 9.59 Å². The summed E-state index contributed by atoms with van der Waals surface area (Å²) in [5.41, 5.74) is 0.528. The number of carbonyl (C=O) groups is 2. The highest BCUT2D eigenvalue weighted by molar-refractivity contribution is 5.89. The molecule has 0 aliphatic rings. The molecular formula is C17H25NO4. The van der Waals surface area contributed by atoms with Crippen molar-refractivity contribution in [3.05, 3.63) is 35.9 Å². The van der Waals surface area contributed by atoms with Gasteiger partial charge in [0.2, 0.25) is 0 Å². The quantitative estimate of drug-likeness (QED) is 0.724. The van der Waals surface area contributed by atoms with Crippen molar-refractivity contribution in [2.75, 3.05) is 13.2 Å². The molecule has 0 aromatic heterocycles. The summed E-state index contributed by atoms with van der Waals surface area (Å²) in [5.74, 6) is -0.348. The van der Waals surface area contributed by atoms with Crippen LogP contribution in [0.2, 0.25) is 0 Å². The third-order valence-electron chi connectivity index (χ3n) is 3.37. The zero-order valence-corrected chi connectivity index (χ0v) is 13.7. The minimum Gasteiger partial charge on any atom is -0.459 e. The van der Waals surface area contributed by atoms with Crippen LogP contribution < -0.4 is 0 Å². The van der Waals surface area contributed by atoms with Crippen LogP contribution in [-0.4, -0.2) is 42.3 Å². The van der Waals surface area contributed by atoms with Gasteiger partial charge < -0.3 is 14.4 Å². The molecule has 0 bridgehead atoms. The molecule has 2 atom stereocenters. The van der Waals surface area contributed by atoms with Crippen molar-refractivity contribution in [1.82, 2.24) is 4.90 Å². The van der Waals surface area contributed by atoms with Crippen LogP contribution in [0, 0.1) is 0 Å². The van der Waals surface area contributed by atoms with Crippen molar-refractivity contribution in [3.8, 4) is 0 Å². The van der Waals surface area contributed by atoms with Gasteiger partial charge in [-0.2, -0.15) is 0 Å². The van der Waals surface area contributed by atoms with Crippen molar-refractivity contribution >= 4 is 12.1 Å². The maximum Gasteiger partial charge on any atom is 0.409 e. The highest BCUT2D eigenvalue weighted by Crippen LogP contribution is 2.13. The number of carbonyl (C=O) groups excluding carboxylic acids is 2. The van der Waals surface area contributed by atoms with Gasteiger partial charge in [0.05, 0.1) is 12.2 Å². The first kappa shape index (κ1) is 18.0. The zero-order chi connectivity index (χ0) is 16.5. The molecular weight excluding hydrogens is 282 g/mol. The first-order chi connectivity index (χ1) is 10.5. The standard InChI is InChI=1S/C17H25NO4/c1-5-18(17(20)21-6-2)13(3)12-14(4)22-16(19)15-10-8-7-9-11-15/h7-11,13-14H,5-6,12H2,1-4H3. The number of amides is 1. The van der Waals surface area contributed by atoms with Gasteiger partial charge in [-0.05, 0) is 39.8 Å². The monoisotopic (exact) mass is 307 g/mol. The van der Waals surface area contributed by atoms with E-state index < -0.39 is 0 Å². The van der Waals surface area contributed by atoms with E-state index in [2.05, 4.69) is 0 Å². The van der Waals surface area contributed by atoms with Gasteiger partial charge in [0, 0.05) is 19.0 Å². The van der Waals surface area contributed by atoms with Crippen LogP contribution in [0.15, 0.2) is 30.3 Å². The van der Waals surface area contributed by atoms with E-state index in [-0.39, 0.29) is 24.2 Å². The SMILES string of the molecule is CCOC(=O)N(CC)C(C)CC(C)OC(=O)c1ccccc1. The molecule has 1 amide bonds. The molecule has 1 rings (SSSR count). The molecule has 0 N–H and O–H groups in total. The van der Waals surface area contributed by atoms with E-state index in [1.165, 1.54) is 0 Å². The molecule has 122 valence electrons. The summed E-state index contributed by atoms with van der Waals surface area (Å²) in [6, 6.07) is 8.81. The van der Waals surface area contributed by atoms with Crippen molar-refractivity contribution in [3.63, 3.8) is 0 Å². The summed E-state index contributed by atoms with van der Waals surface area (Å²) in [4.78, 5) is 25.5. The lowest BCUT2D eigenvalue weighted by atomic mass is 10.1. The molecule has 0 spiro atoms. The Balaban J connectivity index is 2.54. The lowest BCUT2D eigenvalue weighted by Crippen LogP contribution is -2.40. The third-order valence-corrected chi connectivity index (χ3v) is 3.37. The van der Waals surface area contributed by atoms with E-state index in [1.54, 1.807) is 36.1 Å². The van der Waals surface area contributed by atoms with Crippen LogP contribution in [0.3, 0.4) is 0 Å². The maximum atomic E-state index is 12.0. The fourth-order valence-electron chi connectivity index (χ4n) is 2.31. The molecule has 0 aliphatic heterocycles. The maximum absolute atomic E-state index is 12.0. The fraction of sp³-hybridized carbons (Fsp3) is 0.529. The minimum absolute atomic E-state index is 0.0670. The Bertz CT molecular complexity index is 475. The van der Waals surface area contributed by atoms with Gasteiger partial charge in [-0.1, -0.05) is 18.2 Å². The van der Waals surface area contributed by atoms with E-state index in [0.717, 1.165) is 0 Å². The van der Waals surface area contributed by atoms with E-state index >= 15 is 0 Å². The number of rotatable bonds is 7. The molecule has 0 fully saturated rings. The summed E-state index contributed by atoms with van der Waals surface area (Å²) < 4.78 is 10.5. The highest BCUT2D eigenvalue weighted by Gasteiger charge is 2.23. The van der Waals surface area contributed by atoms with Crippen LogP contribution in [-0.2, 0) is 9.47 Å². The lowest BCUT2D eigenvalue weighted by Gasteiger charge is -2.28. The minimum atomic E-state index is -0.348. The Kier molecular flexibility index (Phi) is 7.43. The molecule has 0 heterocycles.